The molecule has 4 unspecified atom stereocenters. The molecule has 0 nitrogen and oxygen atoms in total. The number of hydrogen-bond acceptors (Lipinski definition) is 0. The highest BCUT2D eigenvalue weighted by molar-refractivity contribution is 5.22. The van der Waals surface area contributed by atoms with E-state index in [1.54, 1.807) is 5.57 Å². The normalized spacial score (nSPS) is 50.1. The predicted molar refractivity (Wildman–Crippen MR) is 55.3 cm³/mol. The molecule has 4 atom stereocenters. The molecule has 0 saturated heterocycles. The first-order chi connectivity index (χ1) is 6.40. The van der Waals surface area contributed by atoms with Crippen LogP contribution in [0.4, 0.5) is 0 Å². The van der Waals surface area contributed by atoms with Gasteiger partial charge in [-0.1, -0.05) is 23.8 Å². The van der Waals surface area contributed by atoms with Crippen LogP contribution < -0.4 is 0 Å². The highest BCUT2D eigenvalue weighted by Gasteiger charge is 2.48. The Morgan fingerprint density at radius 2 is 2.00 bits per heavy atom. The Balaban J connectivity index is 1.92. The van der Waals surface area contributed by atoms with Crippen molar-refractivity contribution < 1.29 is 0 Å². The molecule has 3 aliphatic rings. The van der Waals surface area contributed by atoms with Crippen molar-refractivity contribution in [2.45, 2.75) is 32.6 Å². The number of rotatable bonds is 0. The molecule has 0 aromatic heterocycles. The van der Waals surface area contributed by atoms with Crippen LogP contribution in [-0.2, 0) is 0 Å². The van der Waals surface area contributed by atoms with Crippen molar-refractivity contribution in [3.8, 4) is 0 Å². The second kappa shape index (κ2) is 2.73. The van der Waals surface area contributed by atoms with Crippen LogP contribution in [-0.4, -0.2) is 0 Å². The molecule has 13 heavy (non-hydrogen) atoms. The summed E-state index contributed by atoms with van der Waals surface area (Å²) in [5.74, 6) is 4.10. The molecule has 0 aliphatic heterocycles. The van der Waals surface area contributed by atoms with Gasteiger partial charge >= 0.3 is 0 Å². The van der Waals surface area contributed by atoms with Crippen molar-refractivity contribution in [1.82, 2.24) is 0 Å². The van der Waals surface area contributed by atoms with Gasteiger partial charge in [-0.2, -0.15) is 0 Å². The second-order valence-corrected chi connectivity index (χ2v) is 4.94. The van der Waals surface area contributed by atoms with Gasteiger partial charge in [0.2, 0.25) is 0 Å². The molecule has 3 aliphatic carbocycles. The quantitative estimate of drug-likeness (QED) is 0.493. The molecule has 0 aromatic carbocycles. The SMILES string of the molecule is C/C=C1\CC2CC1C1CC=CCC21. The summed E-state index contributed by atoms with van der Waals surface area (Å²) in [4.78, 5) is 0. The molecule has 2 fully saturated rings. The number of allylic oxidation sites excluding steroid dienone is 4. The third-order valence-corrected chi connectivity index (χ3v) is 4.56. The van der Waals surface area contributed by atoms with Crippen LogP contribution in [0.25, 0.3) is 0 Å². The zero-order valence-corrected chi connectivity index (χ0v) is 8.37. The molecule has 2 bridgehead atoms. The average Bonchev–Trinajstić information content (AvgIpc) is 2.75. The Morgan fingerprint density at radius 1 is 1.23 bits per heavy atom. The Hall–Kier alpha value is -0.520. The molecule has 0 amide bonds. The summed E-state index contributed by atoms with van der Waals surface area (Å²) >= 11 is 0. The van der Waals surface area contributed by atoms with Crippen molar-refractivity contribution in [1.29, 1.82) is 0 Å². The largest absolute Gasteiger partial charge is 0.0882 e. The van der Waals surface area contributed by atoms with Gasteiger partial charge in [-0.05, 0) is 56.3 Å². The van der Waals surface area contributed by atoms with Gasteiger partial charge in [-0.3, -0.25) is 0 Å². The van der Waals surface area contributed by atoms with Gasteiger partial charge in [0.05, 0.1) is 0 Å². The Labute approximate surface area is 80.7 Å². The molecule has 3 rings (SSSR count). The van der Waals surface area contributed by atoms with E-state index in [2.05, 4.69) is 25.2 Å². The third kappa shape index (κ3) is 0.978. The summed E-state index contributed by atoms with van der Waals surface area (Å²) < 4.78 is 0. The summed E-state index contributed by atoms with van der Waals surface area (Å²) in [5, 5.41) is 0. The maximum Gasteiger partial charge on any atom is -0.0166 e. The smallest absolute Gasteiger partial charge is 0.0166 e. The van der Waals surface area contributed by atoms with Crippen LogP contribution in [0, 0.1) is 23.7 Å². The predicted octanol–water partition coefficient (Wildman–Crippen LogP) is 3.55. The topological polar surface area (TPSA) is 0 Å². The fourth-order valence-electron chi connectivity index (χ4n) is 3.98. The van der Waals surface area contributed by atoms with E-state index in [0.717, 1.165) is 23.7 Å². The van der Waals surface area contributed by atoms with Gasteiger partial charge in [-0.25, -0.2) is 0 Å². The fourth-order valence-corrected chi connectivity index (χ4v) is 3.98. The summed E-state index contributed by atoms with van der Waals surface area (Å²) in [6.07, 6.45) is 12.9. The minimum atomic E-state index is 0.977. The fraction of sp³-hybridized carbons (Fsp3) is 0.692. The van der Waals surface area contributed by atoms with Gasteiger partial charge < -0.3 is 0 Å². The number of fused-ring (bicyclic) bond motifs is 5. The summed E-state index contributed by atoms with van der Waals surface area (Å²) in [6.45, 7) is 2.23. The monoisotopic (exact) mass is 174 g/mol. The van der Waals surface area contributed by atoms with Gasteiger partial charge in [0.25, 0.3) is 0 Å². The van der Waals surface area contributed by atoms with E-state index in [0.29, 0.717) is 0 Å². The molecule has 0 N–H and O–H groups in total. The van der Waals surface area contributed by atoms with E-state index in [4.69, 9.17) is 0 Å². The minimum absolute atomic E-state index is 0.977. The molecular formula is C13H18. The molecule has 0 aromatic rings. The van der Waals surface area contributed by atoms with E-state index < -0.39 is 0 Å². The molecule has 0 radical (unpaired) electrons. The number of hydrogen-bond donors (Lipinski definition) is 0. The molecule has 2 saturated carbocycles. The first-order valence-electron chi connectivity index (χ1n) is 5.70. The lowest BCUT2D eigenvalue weighted by molar-refractivity contribution is 0.254. The Bertz CT molecular complexity index is 272. The maximum atomic E-state index is 2.41. The molecule has 0 heterocycles. The molecule has 0 heteroatoms. The molecule has 70 valence electrons. The van der Waals surface area contributed by atoms with Gasteiger partial charge in [0.1, 0.15) is 0 Å². The van der Waals surface area contributed by atoms with E-state index in [-0.39, 0.29) is 0 Å². The highest BCUT2D eigenvalue weighted by Crippen LogP contribution is 2.58. The lowest BCUT2D eigenvalue weighted by Crippen LogP contribution is -2.24. The average molecular weight is 174 g/mol. The summed E-state index contributed by atoms with van der Waals surface area (Å²) in [6, 6.07) is 0. The summed E-state index contributed by atoms with van der Waals surface area (Å²) in [7, 11) is 0. The second-order valence-electron chi connectivity index (χ2n) is 4.94. The van der Waals surface area contributed by atoms with E-state index in [9.17, 15) is 0 Å². The first kappa shape index (κ1) is 7.84. The van der Waals surface area contributed by atoms with Crippen molar-refractivity contribution >= 4 is 0 Å². The third-order valence-electron chi connectivity index (χ3n) is 4.56. The minimum Gasteiger partial charge on any atom is -0.0882 e. The van der Waals surface area contributed by atoms with E-state index in [1.807, 2.05) is 0 Å². The zero-order valence-electron chi connectivity index (χ0n) is 8.37. The molecule has 0 spiro atoms. The van der Waals surface area contributed by atoms with E-state index in [1.165, 1.54) is 25.7 Å². The van der Waals surface area contributed by atoms with Gasteiger partial charge in [-0.15, -0.1) is 0 Å². The van der Waals surface area contributed by atoms with Crippen LogP contribution in [0.3, 0.4) is 0 Å². The summed E-state index contributed by atoms with van der Waals surface area (Å²) in [5.41, 5.74) is 1.78. The van der Waals surface area contributed by atoms with Gasteiger partial charge in [0.15, 0.2) is 0 Å². The van der Waals surface area contributed by atoms with Crippen LogP contribution in [0.2, 0.25) is 0 Å². The zero-order chi connectivity index (χ0) is 8.84. The maximum absolute atomic E-state index is 2.41. The van der Waals surface area contributed by atoms with Crippen LogP contribution >= 0.6 is 0 Å². The van der Waals surface area contributed by atoms with Crippen LogP contribution in [0.5, 0.6) is 0 Å². The Morgan fingerprint density at radius 3 is 2.77 bits per heavy atom. The van der Waals surface area contributed by atoms with Crippen molar-refractivity contribution in [2.75, 3.05) is 0 Å². The highest BCUT2D eigenvalue weighted by atomic mass is 14.5. The van der Waals surface area contributed by atoms with Gasteiger partial charge in [0, 0.05) is 0 Å². The van der Waals surface area contributed by atoms with Crippen molar-refractivity contribution in [2.24, 2.45) is 23.7 Å². The first-order valence-corrected chi connectivity index (χ1v) is 5.70. The molecular weight excluding hydrogens is 156 g/mol. The lowest BCUT2D eigenvalue weighted by atomic mass is 9.71. The lowest BCUT2D eigenvalue weighted by Gasteiger charge is -2.33. The Kier molecular flexibility index (Phi) is 1.65. The van der Waals surface area contributed by atoms with Crippen molar-refractivity contribution in [3.63, 3.8) is 0 Å². The van der Waals surface area contributed by atoms with Crippen LogP contribution in [0.1, 0.15) is 32.6 Å². The van der Waals surface area contributed by atoms with E-state index >= 15 is 0 Å². The standard InChI is InChI=1S/C13H18/c1-2-9-7-10-8-13(9)12-6-4-3-5-11(10)12/h2-4,10-13H,5-8H2,1H3/b9-2+. The van der Waals surface area contributed by atoms with Crippen LogP contribution in [0.15, 0.2) is 23.8 Å². The van der Waals surface area contributed by atoms with Crippen molar-refractivity contribution in [3.05, 3.63) is 23.8 Å².